The van der Waals surface area contributed by atoms with E-state index >= 15 is 4.79 Å². The second kappa shape index (κ2) is 14.0. The van der Waals surface area contributed by atoms with Crippen molar-refractivity contribution >= 4 is 23.5 Å². The largest absolute Gasteiger partial charge is 0.507 e. The minimum Gasteiger partial charge on any atom is -0.507 e. The Morgan fingerprint density at radius 3 is 2.40 bits per heavy atom. The molecule has 12 nitrogen and oxygen atoms in total. The summed E-state index contributed by atoms with van der Waals surface area (Å²) in [6.45, 7) is 20.6. The molecule has 6 atom stereocenters. The van der Waals surface area contributed by atoms with Crippen LogP contribution in [0.2, 0.25) is 0 Å². The van der Waals surface area contributed by atoms with Crippen molar-refractivity contribution in [1.29, 1.82) is 0 Å². The minimum absolute atomic E-state index is 0.0108. The Morgan fingerprint density at radius 2 is 1.71 bits per heavy atom. The summed E-state index contributed by atoms with van der Waals surface area (Å²) < 4.78 is 38.1. The Hall–Kier alpha value is -4.00. The van der Waals surface area contributed by atoms with Crippen molar-refractivity contribution in [3.63, 3.8) is 0 Å². The highest BCUT2D eigenvalue weighted by molar-refractivity contribution is 6.18. The maximum Gasteiger partial charge on any atom is 0.333 e. The van der Waals surface area contributed by atoms with E-state index in [9.17, 15) is 19.5 Å². The lowest BCUT2D eigenvalue weighted by Crippen LogP contribution is -2.72. The quantitative estimate of drug-likeness (QED) is 0.171. The summed E-state index contributed by atoms with van der Waals surface area (Å²) in [6, 6.07) is 0. The third-order valence-corrected chi connectivity index (χ3v) is 14.1. The number of phenolic OH excluding ortho intramolecular Hbond substituents is 1. The van der Waals surface area contributed by atoms with Gasteiger partial charge in [-0.05, 0) is 93.9 Å². The summed E-state index contributed by atoms with van der Waals surface area (Å²) in [5.74, 6) is -2.40. The molecule has 0 radical (unpaired) electrons. The number of ether oxygens (including phenoxy) is 6. The van der Waals surface area contributed by atoms with Gasteiger partial charge >= 0.3 is 11.9 Å². The van der Waals surface area contributed by atoms with E-state index in [1.807, 2.05) is 48.5 Å². The highest BCUT2D eigenvalue weighted by Crippen LogP contribution is 2.69. The Labute approximate surface area is 341 Å². The Kier molecular flexibility index (Phi) is 9.87. The van der Waals surface area contributed by atoms with Crippen LogP contribution in [-0.4, -0.2) is 101 Å². The highest BCUT2D eigenvalue weighted by atomic mass is 16.6. The van der Waals surface area contributed by atoms with E-state index in [1.54, 1.807) is 19.1 Å². The number of fused-ring (bicyclic) bond motifs is 3. The molecule has 314 valence electrons. The number of rotatable bonds is 8. The number of carbonyl (C=O) groups is 4. The molecule has 4 fully saturated rings. The normalized spacial score (nSPS) is 33.3. The van der Waals surface area contributed by atoms with Crippen LogP contribution in [0.25, 0.3) is 0 Å². The summed E-state index contributed by atoms with van der Waals surface area (Å²) in [7, 11) is 0. The number of Topliss-reactive ketones (excluding diaryl/α,β-unsaturated/α-hetero) is 2. The number of aromatic hydroxyl groups is 1. The summed E-state index contributed by atoms with van der Waals surface area (Å²) >= 11 is 0. The first-order valence-electron chi connectivity index (χ1n) is 21.1. The molecule has 1 spiro atoms. The van der Waals surface area contributed by atoms with Crippen molar-refractivity contribution in [3.05, 3.63) is 51.1 Å². The standard InChI is InChI=1S/C46H59NO11/c1-25(2)29-12-14-44(9,55-27(4)48)24-31(29)34-37(50)35-36(49)32-22-28-23-33-43(7,8)58-45(40(28)51,15-10-26(3)41(52)54-21-18-47-16-19-53-20-17-47)46(32,33)57-39(35)30-11-13-42(5,6)56-38(30)34/h10,22,28,31,33,50H,11-21,23-24H2,1-9H3/b26-10-/t28-,31?,33+,44?,45+,46-/m1/s1. The van der Waals surface area contributed by atoms with E-state index in [0.717, 1.165) is 24.2 Å². The molecule has 4 bridgehead atoms. The summed E-state index contributed by atoms with van der Waals surface area (Å²) in [5.41, 5.74) is -1.39. The molecule has 58 heavy (non-hydrogen) atoms. The predicted molar refractivity (Wildman–Crippen MR) is 213 cm³/mol. The molecule has 2 saturated heterocycles. The zero-order valence-corrected chi connectivity index (χ0v) is 35.6. The topological polar surface area (TPSA) is 147 Å². The lowest BCUT2D eigenvalue weighted by atomic mass is 9.51. The van der Waals surface area contributed by atoms with E-state index in [1.165, 1.54) is 6.92 Å². The molecule has 4 aliphatic heterocycles. The smallest absolute Gasteiger partial charge is 0.333 e. The van der Waals surface area contributed by atoms with E-state index in [4.69, 9.17) is 28.4 Å². The SMILES string of the molecule is CC(=O)OC1(C)CCC(=C(C)C)C(c2c(O)c3c(c4c2OC(C)(C)CC4)O[C@]24C(=C[C@@H]5C[C@H]2C(C)(C)O[C@@]4(C/C=C(/C)C(=O)OCCN2CCOCC2)C5=O)C3=O)C1. The third-order valence-electron chi connectivity index (χ3n) is 14.1. The number of hydrogen-bond donors (Lipinski definition) is 1. The van der Waals surface area contributed by atoms with Crippen LogP contribution in [0.1, 0.15) is 128 Å². The summed E-state index contributed by atoms with van der Waals surface area (Å²) in [4.78, 5) is 57.9. The maximum absolute atomic E-state index is 15.4. The minimum atomic E-state index is -1.63. The van der Waals surface area contributed by atoms with Crippen LogP contribution in [0, 0.1) is 11.8 Å². The first-order valence-corrected chi connectivity index (χ1v) is 21.1. The monoisotopic (exact) mass is 801 g/mol. The first kappa shape index (κ1) is 40.8. The number of hydrogen-bond acceptors (Lipinski definition) is 12. The maximum atomic E-state index is 15.4. The van der Waals surface area contributed by atoms with Gasteiger partial charge in [-0.1, -0.05) is 23.3 Å². The number of nitrogens with zero attached hydrogens (tertiary/aromatic N) is 1. The molecule has 0 amide bonds. The van der Waals surface area contributed by atoms with Gasteiger partial charge in [0.2, 0.25) is 0 Å². The van der Waals surface area contributed by atoms with Crippen LogP contribution in [0.4, 0.5) is 0 Å². The van der Waals surface area contributed by atoms with Gasteiger partial charge < -0.3 is 33.5 Å². The second-order valence-electron chi connectivity index (χ2n) is 19.2. The number of esters is 2. The van der Waals surface area contributed by atoms with Gasteiger partial charge in [-0.2, -0.15) is 0 Å². The van der Waals surface area contributed by atoms with Crippen molar-refractivity contribution in [2.45, 2.75) is 141 Å². The Balaban J connectivity index is 1.23. The molecule has 2 saturated carbocycles. The van der Waals surface area contributed by atoms with Crippen molar-refractivity contribution < 1.29 is 52.7 Å². The van der Waals surface area contributed by atoms with Gasteiger partial charge in [-0.25, -0.2) is 4.79 Å². The fraction of sp³-hybridized carbons (Fsp3) is 0.652. The van der Waals surface area contributed by atoms with E-state index in [0.29, 0.717) is 86.3 Å². The molecule has 9 rings (SSSR count). The van der Waals surface area contributed by atoms with Gasteiger partial charge in [0, 0.05) is 73.0 Å². The fourth-order valence-corrected chi connectivity index (χ4v) is 11.3. The number of morpholine rings is 1. The van der Waals surface area contributed by atoms with Crippen molar-refractivity contribution in [2.75, 3.05) is 39.5 Å². The van der Waals surface area contributed by atoms with Gasteiger partial charge in [0.1, 0.15) is 40.6 Å². The lowest BCUT2D eigenvalue weighted by molar-refractivity contribution is -0.171. The van der Waals surface area contributed by atoms with Gasteiger partial charge in [0.05, 0.1) is 18.8 Å². The third kappa shape index (κ3) is 6.26. The average Bonchev–Trinajstić information content (AvgIpc) is 3.30. The zero-order chi connectivity index (χ0) is 41.7. The van der Waals surface area contributed by atoms with Gasteiger partial charge in [0.25, 0.3) is 0 Å². The zero-order valence-electron chi connectivity index (χ0n) is 35.6. The molecule has 1 aromatic carbocycles. The fourth-order valence-electron chi connectivity index (χ4n) is 11.3. The molecule has 4 aliphatic carbocycles. The van der Waals surface area contributed by atoms with Crippen LogP contribution in [0.5, 0.6) is 17.2 Å². The molecule has 1 aromatic rings. The average molecular weight is 802 g/mol. The van der Waals surface area contributed by atoms with Crippen LogP contribution < -0.4 is 9.47 Å². The van der Waals surface area contributed by atoms with E-state index < -0.39 is 57.5 Å². The van der Waals surface area contributed by atoms with Crippen molar-refractivity contribution in [1.82, 2.24) is 4.90 Å². The molecular weight excluding hydrogens is 743 g/mol. The lowest BCUT2D eigenvalue weighted by Gasteiger charge is -2.56. The molecule has 0 aromatic heterocycles. The van der Waals surface area contributed by atoms with Gasteiger partial charge in [-0.3, -0.25) is 19.3 Å². The Bertz CT molecular complexity index is 2070. The van der Waals surface area contributed by atoms with Crippen LogP contribution in [-0.2, 0) is 39.8 Å². The van der Waals surface area contributed by atoms with Gasteiger partial charge in [-0.15, -0.1) is 0 Å². The second-order valence-corrected chi connectivity index (χ2v) is 19.2. The van der Waals surface area contributed by atoms with Crippen molar-refractivity contribution in [2.24, 2.45) is 11.8 Å². The first-order chi connectivity index (χ1) is 27.2. The van der Waals surface area contributed by atoms with E-state index in [-0.39, 0.29) is 41.8 Å². The molecule has 4 heterocycles. The number of allylic oxidation sites excluding steroid dienone is 3. The van der Waals surface area contributed by atoms with Gasteiger partial charge in [0.15, 0.2) is 22.8 Å². The van der Waals surface area contributed by atoms with Crippen LogP contribution in [0.3, 0.4) is 0 Å². The number of ketones is 2. The molecule has 12 heteroatoms. The predicted octanol–water partition coefficient (Wildman–Crippen LogP) is 6.64. The highest BCUT2D eigenvalue weighted by Gasteiger charge is 2.81. The summed E-state index contributed by atoms with van der Waals surface area (Å²) in [6.07, 6.45) is 6.61. The molecular formula is C46H59NO11. The number of benzene rings is 1. The molecule has 8 aliphatic rings. The van der Waals surface area contributed by atoms with Crippen LogP contribution >= 0.6 is 0 Å². The molecule has 2 unspecified atom stereocenters. The summed E-state index contributed by atoms with van der Waals surface area (Å²) in [5, 5.41) is 12.6. The van der Waals surface area contributed by atoms with E-state index in [2.05, 4.69) is 4.90 Å². The number of carbonyl (C=O) groups excluding carboxylic acids is 4. The number of phenols is 1. The van der Waals surface area contributed by atoms with Crippen LogP contribution in [0.15, 0.2) is 34.4 Å². The van der Waals surface area contributed by atoms with Crippen molar-refractivity contribution in [3.8, 4) is 17.2 Å². The Morgan fingerprint density at radius 1 is 0.983 bits per heavy atom. The molecule has 1 N–H and O–H groups in total.